The van der Waals surface area contributed by atoms with Crippen LogP contribution in [0.1, 0.15) is 10.6 Å². The fraction of sp³-hybridized carbons (Fsp3) is 0.182. The molecular formula is C11H9F3N2S. The van der Waals surface area contributed by atoms with E-state index in [9.17, 15) is 13.2 Å². The van der Waals surface area contributed by atoms with Crippen LogP contribution in [0.25, 0.3) is 11.3 Å². The molecule has 0 amide bonds. The van der Waals surface area contributed by atoms with Gasteiger partial charge >= 0.3 is 6.18 Å². The first kappa shape index (κ1) is 12.1. The van der Waals surface area contributed by atoms with Gasteiger partial charge in [-0.3, -0.25) is 0 Å². The van der Waals surface area contributed by atoms with Crippen molar-refractivity contribution >= 4 is 11.3 Å². The molecule has 0 unspecified atom stereocenters. The Balaban J connectivity index is 2.39. The first-order valence-electron chi connectivity index (χ1n) is 4.83. The van der Waals surface area contributed by atoms with Crippen molar-refractivity contribution in [3.05, 3.63) is 40.2 Å². The van der Waals surface area contributed by atoms with Crippen LogP contribution in [0.5, 0.6) is 0 Å². The minimum atomic E-state index is -4.33. The molecule has 2 N–H and O–H groups in total. The molecule has 90 valence electrons. The molecule has 17 heavy (non-hydrogen) atoms. The Bertz CT molecular complexity index is 519. The van der Waals surface area contributed by atoms with Gasteiger partial charge in [-0.2, -0.15) is 13.2 Å². The average molecular weight is 258 g/mol. The van der Waals surface area contributed by atoms with Gasteiger partial charge in [0, 0.05) is 17.5 Å². The molecule has 0 aliphatic heterocycles. The monoisotopic (exact) mass is 258 g/mol. The number of rotatable bonds is 2. The number of hydrogen-bond acceptors (Lipinski definition) is 3. The van der Waals surface area contributed by atoms with Gasteiger partial charge in [0.1, 0.15) is 5.01 Å². The molecule has 0 fully saturated rings. The van der Waals surface area contributed by atoms with E-state index in [4.69, 9.17) is 5.73 Å². The summed E-state index contributed by atoms with van der Waals surface area (Å²) in [6.45, 7) is 0.295. The third kappa shape index (κ3) is 2.65. The molecule has 0 bridgehead atoms. The van der Waals surface area contributed by atoms with E-state index in [1.807, 2.05) is 0 Å². The number of nitrogens with two attached hydrogens (primary N) is 1. The quantitative estimate of drug-likeness (QED) is 0.897. The Kier molecular flexibility index (Phi) is 3.17. The molecule has 0 radical (unpaired) electrons. The highest BCUT2D eigenvalue weighted by atomic mass is 32.1. The topological polar surface area (TPSA) is 38.9 Å². The summed E-state index contributed by atoms with van der Waals surface area (Å²) in [5.74, 6) is 0. The van der Waals surface area contributed by atoms with E-state index in [0.29, 0.717) is 22.8 Å². The Labute approximate surface area is 99.9 Å². The number of thiazole rings is 1. The van der Waals surface area contributed by atoms with Crippen molar-refractivity contribution in [2.24, 2.45) is 5.73 Å². The lowest BCUT2D eigenvalue weighted by Crippen LogP contribution is -2.04. The molecule has 1 heterocycles. The van der Waals surface area contributed by atoms with Gasteiger partial charge in [-0.05, 0) is 12.1 Å². The highest BCUT2D eigenvalue weighted by molar-refractivity contribution is 7.09. The Morgan fingerprint density at radius 3 is 2.65 bits per heavy atom. The molecule has 0 spiro atoms. The van der Waals surface area contributed by atoms with E-state index in [2.05, 4.69) is 4.98 Å². The Hall–Kier alpha value is -1.40. The zero-order chi connectivity index (χ0) is 12.5. The van der Waals surface area contributed by atoms with Gasteiger partial charge in [-0.25, -0.2) is 4.98 Å². The molecule has 1 aromatic heterocycles. The summed E-state index contributed by atoms with van der Waals surface area (Å²) in [7, 11) is 0. The maximum Gasteiger partial charge on any atom is 0.416 e. The second kappa shape index (κ2) is 4.46. The van der Waals surface area contributed by atoms with Crippen LogP contribution in [0.3, 0.4) is 0 Å². The van der Waals surface area contributed by atoms with Crippen LogP contribution in [0.4, 0.5) is 13.2 Å². The molecule has 2 aromatic rings. The lowest BCUT2D eigenvalue weighted by atomic mass is 10.1. The standard InChI is InChI=1S/C11H9F3N2S/c12-11(13,14)8-3-1-2-7(4-8)9-6-17-10(5-15)16-9/h1-4,6H,5,15H2. The van der Waals surface area contributed by atoms with Crippen LogP contribution >= 0.6 is 11.3 Å². The van der Waals surface area contributed by atoms with Crippen LogP contribution in [0, 0.1) is 0 Å². The first-order chi connectivity index (χ1) is 8.00. The summed E-state index contributed by atoms with van der Waals surface area (Å²) >= 11 is 1.34. The van der Waals surface area contributed by atoms with Crippen molar-refractivity contribution in [1.29, 1.82) is 0 Å². The minimum absolute atomic E-state index is 0.295. The third-order valence-electron chi connectivity index (χ3n) is 2.21. The summed E-state index contributed by atoms with van der Waals surface area (Å²) in [4.78, 5) is 4.15. The molecule has 0 aliphatic rings. The van der Waals surface area contributed by atoms with Crippen molar-refractivity contribution in [2.45, 2.75) is 12.7 Å². The largest absolute Gasteiger partial charge is 0.416 e. The summed E-state index contributed by atoms with van der Waals surface area (Å²) < 4.78 is 37.6. The van der Waals surface area contributed by atoms with Crippen LogP contribution in [0.15, 0.2) is 29.6 Å². The van der Waals surface area contributed by atoms with Gasteiger partial charge < -0.3 is 5.73 Å². The Morgan fingerprint density at radius 1 is 1.29 bits per heavy atom. The predicted octanol–water partition coefficient (Wildman–Crippen LogP) is 3.29. The van der Waals surface area contributed by atoms with E-state index in [-0.39, 0.29) is 0 Å². The number of nitrogens with zero attached hydrogens (tertiary/aromatic N) is 1. The maximum atomic E-state index is 12.5. The summed E-state index contributed by atoms with van der Waals surface area (Å²) in [5.41, 5.74) is 5.72. The van der Waals surface area contributed by atoms with E-state index in [0.717, 1.165) is 12.1 Å². The fourth-order valence-corrected chi connectivity index (χ4v) is 2.08. The first-order valence-corrected chi connectivity index (χ1v) is 5.71. The second-order valence-corrected chi connectivity index (χ2v) is 4.35. The predicted molar refractivity (Wildman–Crippen MR) is 60.4 cm³/mol. The molecule has 0 saturated carbocycles. The molecular weight excluding hydrogens is 249 g/mol. The highest BCUT2D eigenvalue weighted by Crippen LogP contribution is 2.32. The normalized spacial score (nSPS) is 11.8. The fourth-order valence-electron chi connectivity index (χ4n) is 1.39. The number of aromatic nitrogens is 1. The molecule has 2 nitrogen and oxygen atoms in total. The van der Waals surface area contributed by atoms with Gasteiger partial charge in [0.05, 0.1) is 11.3 Å². The average Bonchev–Trinajstić information content (AvgIpc) is 2.76. The van der Waals surface area contributed by atoms with Crippen molar-refractivity contribution in [1.82, 2.24) is 4.98 Å². The van der Waals surface area contributed by atoms with Gasteiger partial charge in [-0.1, -0.05) is 12.1 Å². The van der Waals surface area contributed by atoms with Crippen molar-refractivity contribution < 1.29 is 13.2 Å². The van der Waals surface area contributed by atoms with Crippen molar-refractivity contribution in [2.75, 3.05) is 0 Å². The minimum Gasteiger partial charge on any atom is -0.325 e. The van der Waals surface area contributed by atoms with Crippen molar-refractivity contribution in [3.8, 4) is 11.3 Å². The molecule has 0 aliphatic carbocycles. The molecule has 0 saturated heterocycles. The number of hydrogen-bond donors (Lipinski definition) is 1. The number of halogens is 3. The smallest absolute Gasteiger partial charge is 0.325 e. The third-order valence-corrected chi connectivity index (χ3v) is 3.08. The second-order valence-electron chi connectivity index (χ2n) is 3.41. The van der Waals surface area contributed by atoms with Crippen LogP contribution in [0.2, 0.25) is 0 Å². The Morgan fingerprint density at radius 2 is 2.06 bits per heavy atom. The zero-order valence-electron chi connectivity index (χ0n) is 8.66. The number of benzene rings is 1. The molecule has 1 aromatic carbocycles. The van der Waals surface area contributed by atoms with E-state index >= 15 is 0 Å². The lowest BCUT2D eigenvalue weighted by Gasteiger charge is -2.07. The van der Waals surface area contributed by atoms with Crippen LogP contribution in [-0.4, -0.2) is 4.98 Å². The van der Waals surface area contributed by atoms with Crippen LogP contribution < -0.4 is 5.73 Å². The van der Waals surface area contributed by atoms with Crippen molar-refractivity contribution in [3.63, 3.8) is 0 Å². The SMILES string of the molecule is NCc1nc(-c2cccc(C(F)(F)F)c2)cs1. The van der Waals surface area contributed by atoms with E-state index < -0.39 is 11.7 Å². The molecule has 0 atom stereocenters. The van der Waals surface area contributed by atoms with E-state index in [1.54, 1.807) is 11.4 Å². The zero-order valence-corrected chi connectivity index (χ0v) is 9.48. The molecule has 6 heteroatoms. The number of alkyl halides is 3. The van der Waals surface area contributed by atoms with E-state index in [1.165, 1.54) is 17.4 Å². The van der Waals surface area contributed by atoms with Gasteiger partial charge in [0.15, 0.2) is 0 Å². The van der Waals surface area contributed by atoms with Crippen LogP contribution in [-0.2, 0) is 12.7 Å². The maximum absolute atomic E-state index is 12.5. The van der Waals surface area contributed by atoms with Gasteiger partial charge in [-0.15, -0.1) is 11.3 Å². The highest BCUT2D eigenvalue weighted by Gasteiger charge is 2.30. The summed E-state index contributed by atoms with van der Waals surface area (Å²) in [5, 5.41) is 2.41. The summed E-state index contributed by atoms with van der Waals surface area (Å²) in [6, 6.07) is 5.11. The molecule has 2 rings (SSSR count). The van der Waals surface area contributed by atoms with Gasteiger partial charge in [0.2, 0.25) is 0 Å². The van der Waals surface area contributed by atoms with Gasteiger partial charge in [0.25, 0.3) is 0 Å². The summed E-state index contributed by atoms with van der Waals surface area (Å²) in [6.07, 6.45) is -4.33. The lowest BCUT2D eigenvalue weighted by molar-refractivity contribution is -0.137.